The number of nitrogens with one attached hydrogen (secondary N) is 1. The Morgan fingerprint density at radius 2 is 1.89 bits per heavy atom. The van der Waals surface area contributed by atoms with Gasteiger partial charge in [-0.05, 0) is 12.5 Å². The van der Waals surface area contributed by atoms with Crippen molar-refractivity contribution in [2.45, 2.75) is 12.8 Å². The molecule has 3 saturated heterocycles. The number of carbonyl (C=O) groups excluding carboxylic acids is 2. The fourth-order valence-corrected chi connectivity index (χ4v) is 3.79. The van der Waals surface area contributed by atoms with Gasteiger partial charge in [0.1, 0.15) is 5.82 Å². The summed E-state index contributed by atoms with van der Waals surface area (Å²) in [7, 11) is 0. The van der Waals surface area contributed by atoms with Gasteiger partial charge in [0.25, 0.3) is 0 Å². The van der Waals surface area contributed by atoms with Crippen LogP contribution in [0.2, 0.25) is 0 Å². The van der Waals surface area contributed by atoms with Gasteiger partial charge in [0.15, 0.2) is 0 Å². The van der Waals surface area contributed by atoms with Crippen LogP contribution in [0.5, 0.6) is 0 Å². The van der Waals surface area contributed by atoms with E-state index in [0.717, 1.165) is 37.9 Å². The molecular formula is C18H26N6O3. The normalized spacial score (nSPS) is 23.9. The van der Waals surface area contributed by atoms with Gasteiger partial charge in [0.05, 0.1) is 19.1 Å². The van der Waals surface area contributed by atoms with Crippen LogP contribution in [-0.2, 0) is 14.3 Å². The van der Waals surface area contributed by atoms with Crippen LogP contribution in [0.1, 0.15) is 12.8 Å². The molecule has 2 amide bonds. The number of rotatable bonds is 3. The third-order valence-corrected chi connectivity index (χ3v) is 5.45. The fourth-order valence-electron chi connectivity index (χ4n) is 3.79. The van der Waals surface area contributed by atoms with Crippen molar-refractivity contribution < 1.29 is 14.3 Å². The van der Waals surface area contributed by atoms with Crippen LogP contribution in [0.4, 0.5) is 11.8 Å². The smallest absolute Gasteiger partial charge is 0.227 e. The van der Waals surface area contributed by atoms with E-state index in [9.17, 15) is 9.59 Å². The molecule has 0 saturated carbocycles. The van der Waals surface area contributed by atoms with Gasteiger partial charge in [-0.2, -0.15) is 4.98 Å². The molecule has 1 unspecified atom stereocenters. The van der Waals surface area contributed by atoms with Gasteiger partial charge in [0.2, 0.25) is 17.8 Å². The average molecular weight is 374 g/mol. The number of hydrogen-bond acceptors (Lipinski definition) is 7. The van der Waals surface area contributed by atoms with E-state index in [4.69, 9.17) is 9.72 Å². The zero-order valence-corrected chi connectivity index (χ0v) is 15.5. The van der Waals surface area contributed by atoms with Crippen LogP contribution < -0.4 is 15.1 Å². The molecule has 4 rings (SSSR count). The summed E-state index contributed by atoms with van der Waals surface area (Å²) < 4.78 is 5.39. The number of carbonyl (C=O) groups is 2. The van der Waals surface area contributed by atoms with Gasteiger partial charge < -0.3 is 24.8 Å². The molecule has 4 heterocycles. The molecule has 27 heavy (non-hydrogen) atoms. The maximum Gasteiger partial charge on any atom is 0.227 e. The number of aromatic nitrogens is 2. The minimum atomic E-state index is -0.0822. The molecule has 1 aromatic rings. The molecule has 1 aromatic heterocycles. The Morgan fingerprint density at radius 1 is 1.11 bits per heavy atom. The van der Waals surface area contributed by atoms with Crippen molar-refractivity contribution in [2.75, 3.05) is 68.8 Å². The Labute approximate surface area is 158 Å². The lowest BCUT2D eigenvalue weighted by Crippen LogP contribution is -2.52. The van der Waals surface area contributed by atoms with E-state index in [1.807, 2.05) is 11.0 Å². The van der Waals surface area contributed by atoms with Gasteiger partial charge in [0, 0.05) is 58.4 Å². The first-order valence-electron chi connectivity index (χ1n) is 9.67. The summed E-state index contributed by atoms with van der Waals surface area (Å²) in [6.45, 7) is 6.36. The van der Waals surface area contributed by atoms with Crippen LogP contribution in [-0.4, -0.2) is 85.7 Å². The first-order valence-corrected chi connectivity index (χ1v) is 9.67. The number of morpholine rings is 1. The second-order valence-corrected chi connectivity index (χ2v) is 7.17. The highest BCUT2D eigenvalue weighted by Crippen LogP contribution is 2.20. The molecule has 9 nitrogen and oxygen atoms in total. The third kappa shape index (κ3) is 4.13. The molecule has 0 radical (unpaired) electrons. The van der Waals surface area contributed by atoms with Crippen molar-refractivity contribution >= 4 is 23.6 Å². The van der Waals surface area contributed by atoms with Crippen LogP contribution in [0, 0.1) is 5.92 Å². The average Bonchev–Trinajstić information content (AvgIpc) is 2.75. The summed E-state index contributed by atoms with van der Waals surface area (Å²) in [5.74, 6) is 1.77. The molecule has 1 atom stereocenters. The van der Waals surface area contributed by atoms with E-state index in [-0.39, 0.29) is 17.7 Å². The summed E-state index contributed by atoms with van der Waals surface area (Å²) in [5, 5.41) is 2.80. The van der Waals surface area contributed by atoms with Crippen molar-refractivity contribution in [1.82, 2.24) is 20.2 Å². The number of piperazine rings is 1. The second kappa shape index (κ2) is 8.08. The van der Waals surface area contributed by atoms with E-state index in [0.29, 0.717) is 45.7 Å². The van der Waals surface area contributed by atoms with E-state index in [2.05, 4.69) is 20.1 Å². The maximum atomic E-state index is 12.7. The van der Waals surface area contributed by atoms with Crippen LogP contribution in [0.15, 0.2) is 12.3 Å². The van der Waals surface area contributed by atoms with E-state index in [1.165, 1.54) is 0 Å². The quantitative estimate of drug-likeness (QED) is 0.762. The predicted molar refractivity (Wildman–Crippen MR) is 99.6 cm³/mol. The van der Waals surface area contributed by atoms with E-state index in [1.54, 1.807) is 6.20 Å². The zero-order chi connectivity index (χ0) is 18.6. The molecule has 0 spiro atoms. The largest absolute Gasteiger partial charge is 0.378 e. The molecule has 0 aliphatic carbocycles. The Morgan fingerprint density at radius 3 is 2.59 bits per heavy atom. The minimum Gasteiger partial charge on any atom is -0.378 e. The Hall–Kier alpha value is -2.42. The monoisotopic (exact) mass is 374 g/mol. The van der Waals surface area contributed by atoms with Crippen molar-refractivity contribution in [1.29, 1.82) is 0 Å². The lowest BCUT2D eigenvalue weighted by Gasteiger charge is -2.38. The van der Waals surface area contributed by atoms with E-state index >= 15 is 0 Å². The topological polar surface area (TPSA) is 90.9 Å². The lowest BCUT2D eigenvalue weighted by atomic mass is 9.97. The van der Waals surface area contributed by atoms with E-state index < -0.39 is 0 Å². The molecule has 146 valence electrons. The molecule has 1 N–H and O–H groups in total. The van der Waals surface area contributed by atoms with Gasteiger partial charge in [-0.3, -0.25) is 9.59 Å². The maximum absolute atomic E-state index is 12.7. The number of piperidine rings is 1. The van der Waals surface area contributed by atoms with Crippen molar-refractivity contribution in [3.05, 3.63) is 12.3 Å². The lowest BCUT2D eigenvalue weighted by molar-refractivity contribution is -0.137. The predicted octanol–water partition coefficient (Wildman–Crippen LogP) is -0.512. The number of nitrogens with zero attached hydrogens (tertiary/aromatic N) is 5. The summed E-state index contributed by atoms with van der Waals surface area (Å²) in [4.78, 5) is 39.4. The highest BCUT2D eigenvalue weighted by molar-refractivity contribution is 5.84. The fraction of sp³-hybridized carbons (Fsp3) is 0.667. The van der Waals surface area contributed by atoms with Gasteiger partial charge in [-0.25, -0.2) is 4.98 Å². The minimum absolute atomic E-state index is 0.0451. The Kier molecular flexibility index (Phi) is 5.38. The molecular weight excluding hydrogens is 348 g/mol. The summed E-state index contributed by atoms with van der Waals surface area (Å²) in [6, 6.07) is 1.93. The summed E-state index contributed by atoms with van der Waals surface area (Å²) in [6.07, 6.45) is 2.90. The first-order chi connectivity index (χ1) is 13.2. The van der Waals surface area contributed by atoms with Crippen molar-refractivity contribution in [3.63, 3.8) is 0 Å². The van der Waals surface area contributed by atoms with Crippen LogP contribution >= 0.6 is 0 Å². The number of amides is 2. The highest BCUT2D eigenvalue weighted by atomic mass is 16.5. The molecule has 0 aromatic carbocycles. The first kappa shape index (κ1) is 18.0. The molecule has 3 aliphatic rings. The third-order valence-electron chi connectivity index (χ3n) is 5.45. The summed E-state index contributed by atoms with van der Waals surface area (Å²) in [5.41, 5.74) is 0. The SMILES string of the molecule is O=C1CCC(C(=O)N2CCN(c3ccnc(N4CCOCC4)n3)CC2)CN1. The molecule has 3 fully saturated rings. The van der Waals surface area contributed by atoms with Crippen molar-refractivity contribution in [3.8, 4) is 0 Å². The zero-order valence-electron chi connectivity index (χ0n) is 15.5. The van der Waals surface area contributed by atoms with Crippen LogP contribution in [0.25, 0.3) is 0 Å². The van der Waals surface area contributed by atoms with Gasteiger partial charge >= 0.3 is 0 Å². The number of anilines is 2. The number of hydrogen-bond donors (Lipinski definition) is 1. The van der Waals surface area contributed by atoms with Crippen molar-refractivity contribution in [2.24, 2.45) is 5.92 Å². The number of ether oxygens (including phenoxy) is 1. The summed E-state index contributed by atoms with van der Waals surface area (Å²) >= 11 is 0. The highest BCUT2D eigenvalue weighted by Gasteiger charge is 2.30. The Balaban J connectivity index is 1.33. The van der Waals surface area contributed by atoms with Gasteiger partial charge in [-0.15, -0.1) is 0 Å². The molecule has 9 heteroatoms. The molecule has 3 aliphatic heterocycles. The Bertz CT molecular complexity index is 675. The van der Waals surface area contributed by atoms with Gasteiger partial charge in [-0.1, -0.05) is 0 Å². The molecule has 0 bridgehead atoms. The van der Waals surface area contributed by atoms with Crippen LogP contribution in [0.3, 0.4) is 0 Å². The second-order valence-electron chi connectivity index (χ2n) is 7.17. The standard InChI is InChI=1S/C18H26N6O3/c25-16-2-1-14(13-20-16)17(26)23-7-5-22(6-8-23)15-3-4-19-18(21-15)24-9-11-27-12-10-24/h3-4,14H,1-2,5-13H2,(H,20,25).